The second-order valence-electron chi connectivity index (χ2n) is 15.4. The molecule has 1 fully saturated rings. The molecule has 0 aromatic carbocycles. The lowest BCUT2D eigenvalue weighted by atomic mass is 10.0. The van der Waals surface area contributed by atoms with Crippen LogP contribution in [0.25, 0.3) is 0 Å². The Hall–Kier alpha value is -5.31. The highest BCUT2D eigenvalue weighted by Gasteiger charge is 2.37. The van der Waals surface area contributed by atoms with Crippen LogP contribution in [-0.2, 0) is 38.4 Å². The first-order valence-electron chi connectivity index (χ1n) is 20.1. The third kappa shape index (κ3) is 19.8. The Labute approximate surface area is 346 Å². The molecule has 8 amide bonds. The number of primary amides is 1. The zero-order chi connectivity index (χ0) is 44.8. The number of guanidine groups is 1. The van der Waals surface area contributed by atoms with E-state index in [4.69, 9.17) is 22.9 Å². The van der Waals surface area contributed by atoms with Gasteiger partial charge in [-0.2, -0.15) is 0 Å². The van der Waals surface area contributed by atoms with Crippen LogP contribution < -0.4 is 54.8 Å². The lowest BCUT2D eigenvalue weighted by molar-refractivity contribution is -0.140. The first kappa shape index (κ1) is 51.7. The summed E-state index contributed by atoms with van der Waals surface area (Å²) < 4.78 is 0. The minimum absolute atomic E-state index is 0.00998. The average Bonchev–Trinajstić information content (AvgIpc) is 3.65. The maximum absolute atomic E-state index is 14.1. The minimum atomic E-state index is -1.38. The number of rotatable bonds is 27. The number of amides is 8. The van der Waals surface area contributed by atoms with E-state index in [1.807, 2.05) is 13.8 Å². The first-order valence-corrected chi connectivity index (χ1v) is 20.1. The minimum Gasteiger partial charge on any atom is -0.394 e. The number of hydrogen-bond acceptors (Lipinski definition) is 11. The summed E-state index contributed by atoms with van der Waals surface area (Å²) in [5, 5.41) is 25.4. The van der Waals surface area contributed by atoms with Crippen molar-refractivity contribution in [2.75, 3.05) is 26.2 Å². The van der Waals surface area contributed by atoms with Gasteiger partial charge in [0.25, 0.3) is 0 Å². The largest absolute Gasteiger partial charge is 0.394 e. The second-order valence-corrected chi connectivity index (χ2v) is 15.4. The Morgan fingerprint density at radius 3 is 1.85 bits per heavy atom. The van der Waals surface area contributed by atoms with Crippen LogP contribution in [0.2, 0.25) is 0 Å². The van der Waals surface area contributed by atoms with Gasteiger partial charge in [0.2, 0.25) is 47.3 Å². The maximum atomic E-state index is 14.1. The summed E-state index contributed by atoms with van der Waals surface area (Å²) in [6.45, 7) is 12.2. The van der Waals surface area contributed by atoms with E-state index in [0.717, 1.165) is 0 Å². The van der Waals surface area contributed by atoms with E-state index in [9.17, 15) is 43.5 Å². The molecule has 0 aromatic rings. The van der Waals surface area contributed by atoms with Crippen LogP contribution in [0.3, 0.4) is 0 Å². The van der Waals surface area contributed by atoms with Crippen molar-refractivity contribution in [1.29, 1.82) is 0 Å². The number of aliphatic imine (C=N–C) groups is 1. The van der Waals surface area contributed by atoms with Crippen LogP contribution in [0.4, 0.5) is 0 Å². The Balaban J connectivity index is 3.45. The van der Waals surface area contributed by atoms with Crippen molar-refractivity contribution in [2.24, 2.45) is 33.8 Å². The third-order valence-corrected chi connectivity index (χ3v) is 9.35. The SMILES string of the molecule is C=C(C)C(=O)NCCCC[C@H](NC(=O)[C@H](CCCN=C(N)N)NC(=O)[C@@H]1CCCN1C(=O)[C@H](C)N)C(=O)N[C@@H](CCC(N)=O)C(=O)N[C@@H](CC(C)C)C(=O)N[C@@H](C)CO. The summed E-state index contributed by atoms with van der Waals surface area (Å²) in [5.41, 5.74) is 22.4. The number of likely N-dealkylation sites (tertiary alicyclic amines) is 1. The van der Waals surface area contributed by atoms with E-state index >= 15 is 0 Å². The van der Waals surface area contributed by atoms with Gasteiger partial charge in [0.15, 0.2) is 5.96 Å². The molecule has 21 nitrogen and oxygen atoms in total. The predicted molar refractivity (Wildman–Crippen MR) is 220 cm³/mol. The number of carbonyl (C=O) groups is 8. The molecule has 1 saturated heterocycles. The molecule has 1 aliphatic heterocycles. The van der Waals surface area contributed by atoms with E-state index in [0.29, 0.717) is 37.8 Å². The van der Waals surface area contributed by atoms with E-state index in [1.54, 1.807) is 13.8 Å². The van der Waals surface area contributed by atoms with Crippen LogP contribution in [0.15, 0.2) is 17.1 Å². The van der Waals surface area contributed by atoms with Crippen molar-refractivity contribution < 1.29 is 43.5 Å². The molecular formula is C38H68N12O9. The van der Waals surface area contributed by atoms with Gasteiger partial charge in [0, 0.05) is 37.7 Å². The van der Waals surface area contributed by atoms with E-state index in [2.05, 4.69) is 43.5 Å². The maximum Gasteiger partial charge on any atom is 0.246 e. The molecule has 0 aromatic heterocycles. The smallest absolute Gasteiger partial charge is 0.246 e. The van der Waals surface area contributed by atoms with Crippen LogP contribution >= 0.6 is 0 Å². The molecule has 15 N–H and O–H groups in total. The van der Waals surface area contributed by atoms with Crippen LogP contribution in [0, 0.1) is 5.92 Å². The molecule has 1 heterocycles. The number of unbranched alkanes of at least 4 members (excludes halogenated alkanes) is 1. The summed E-state index contributed by atoms with van der Waals surface area (Å²) in [6, 6.07) is -7.30. The zero-order valence-electron chi connectivity index (χ0n) is 35.1. The molecule has 1 rings (SSSR count). The van der Waals surface area contributed by atoms with Crippen LogP contribution in [0.1, 0.15) is 98.8 Å². The van der Waals surface area contributed by atoms with Gasteiger partial charge in [-0.05, 0) is 84.5 Å². The Morgan fingerprint density at radius 1 is 0.780 bits per heavy atom. The van der Waals surface area contributed by atoms with Crippen molar-refractivity contribution in [3.8, 4) is 0 Å². The Kier molecular flexibility index (Phi) is 23.4. The van der Waals surface area contributed by atoms with Gasteiger partial charge >= 0.3 is 0 Å². The molecule has 21 heteroatoms. The van der Waals surface area contributed by atoms with Crippen molar-refractivity contribution >= 4 is 53.2 Å². The van der Waals surface area contributed by atoms with Gasteiger partial charge in [-0.1, -0.05) is 20.4 Å². The number of nitrogens with two attached hydrogens (primary N) is 4. The molecule has 334 valence electrons. The predicted octanol–water partition coefficient (Wildman–Crippen LogP) is -3.01. The summed E-state index contributed by atoms with van der Waals surface area (Å²) in [6.07, 6.45) is 1.49. The highest BCUT2D eigenvalue weighted by molar-refractivity contribution is 5.97. The van der Waals surface area contributed by atoms with Gasteiger partial charge in [-0.3, -0.25) is 43.3 Å². The normalized spacial score (nSPS) is 16.6. The molecular weight excluding hydrogens is 768 g/mol. The van der Waals surface area contributed by atoms with E-state index < -0.39 is 83.6 Å². The molecule has 0 aliphatic carbocycles. The summed E-state index contributed by atoms with van der Waals surface area (Å²) >= 11 is 0. The number of aliphatic hydroxyl groups excluding tert-OH is 1. The van der Waals surface area contributed by atoms with Crippen LogP contribution in [-0.4, -0.2) is 132 Å². The summed E-state index contributed by atoms with van der Waals surface area (Å²) in [4.78, 5) is 110. The molecule has 0 spiro atoms. The number of nitrogens with one attached hydrogen (secondary N) is 6. The summed E-state index contributed by atoms with van der Waals surface area (Å²) in [7, 11) is 0. The number of nitrogens with zero attached hydrogens (tertiary/aromatic N) is 2. The van der Waals surface area contributed by atoms with Crippen molar-refractivity contribution in [3.05, 3.63) is 12.2 Å². The fraction of sp³-hybridized carbons (Fsp3) is 0.711. The van der Waals surface area contributed by atoms with Crippen molar-refractivity contribution in [3.63, 3.8) is 0 Å². The number of hydrogen-bond donors (Lipinski definition) is 11. The lowest BCUT2D eigenvalue weighted by Crippen LogP contribution is -2.59. The van der Waals surface area contributed by atoms with Gasteiger partial charge in [-0.15, -0.1) is 0 Å². The molecule has 1 aliphatic rings. The molecule has 0 unspecified atom stereocenters. The molecule has 59 heavy (non-hydrogen) atoms. The monoisotopic (exact) mass is 837 g/mol. The van der Waals surface area contributed by atoms with Gasteiger partial charge in [0.1, 0.15) is 30.2 Å². The Morgan fingerprint density at radius 2 is 1.32 bits per heavy atom. The van der Waals surface area contributed by atoms with E-state index in [-0.39, 0.29) is 76.0 Å². The van der Waals surface area contributed by atoms with Gasteiger partial charge in [-0.25, -0.2) is 0 Å². The highest BCUT2D eigenvalue weighted by Crippen LogP contribution is 2.19. The Bertz CT molecular complexity index is 1500. The first-order chi connectivity index (χ1) is 27.7. The fourth-order valence-corrected chi connectivity index (χ4v) is 6.16. The quantitative estimate of drug-likeness (QED) is 0.0171. The molecule has 0 bridgehead atoms. The topological polar surface area (TPSA) is 349 Å². The molecule has 0 radical (unpaired) electrons. The fourth-order valence-electron chi connectivity index (χ4n) is 6.16. The summed E-state index contributed by atoms with van der Waals surface area (Å²) in [5.74, 6) is -5.28. The lowest BCUT2D eigenvalue weighted by Gasteiger charge is -2.29. The van der Waals surface area contributed by atoms with E-state index in [1.165, 1.54) is 11.8 Å². The zero-order valence-corrected chi connectivity index (χ0v) is 35.1. The second kappa shape index (κ2) is 26.6. The van der Waals surface area contributed by atoms with Crippen molar-refractivity contribution in [1.82, 2.24) is 36.8 Å². The average molecular weight is 837 g/mol. The van der Waals surface area contributed by atoms with Gasteiger partial charge in [0.05, 0.1) is 12.6 Å². The number of aliphatic hydroxyl groups is 1. The molecule has 7 atom stereocenters. The van der Waals surface area contributed by atoms with Gasteiger partial charge < -0.3 is 64.8 Å². The standard InChI is InChI=1S/C38H68N12O9/c1-21(2)19-28(35(57)45-23(5)20-51)49-34(56)27(14-15-30(40)52)47-32(54)25(11-7-8-16-43-31(53)22(3)4)46-33(55)26(12-9-17-44-38(41)42)48-36(58)29-13-10-18-50(29)37(59)24(6)39/h21,23-29,51H,3,7-20,39H2,1-2,4-6H3,(H2,40,52)(H,43,53)(H,45,57)(H,46,55)(H,47,54)(H,48,58)(H,49,56)(H4,41,42,44)/t23-,24-,25-,26-,27-,28-,29-/m0/s1. The molecule has 0 saturated carbocycles. The highest BCUT2D eigenvalue weighted by atomic mass is 16.3. The third-order valence-electron chi connectivity index (χ3n) is 9.35. The number of carbonyl (C=O) groups excluding carboxylic acids is 8. The van der Waals surface area contributed by atoms with Crippen LogP contribution in [0.5, 0.6) is 0 Å². The van der Waals surface area contributed by atoms with Crippen molar-refractivity contribution in [2.45, 2.75) is 141 Å².